The lowest BCUT2D eigenvalue weighted by Crippen LogP contribution is -1.92. The van der Waals surface area contributed by atoms with Crippen LogP contribution in [0.3, 0.4) is 0 Å². The fourth-order valence-electron chi connectivity index (χ4n) is 2.76. The second-order valence-corrected chi connectivity index (χ2v) is 6.15. The number of nitrogens with zero attached hydrogens (tertiary/aromatic N) is 2. The molecular formula is C19H12Cl2N2. The minimum atomic E-state index is 0.720. The highest BCUT2D eigenvalue weighted by Gasteiger charge is 2.13. The Bertz CT molecular complexity index is 971. The van der Waals surface area contributed by atoms with E-state index in [-0.39, 0.29) is 0 Å². The third-order valence-electron chi connectivity index (χ3n) is 3.85. The zero-order chi connectivity index (χ0) is 15.8. The maximum atomic E-state index is 6.03. The first kappa shape index (κ1) is 14.3. The van der Waals surface area contributed by atoms with Crippen LogP contribution in [0.4, 0.5) is 0 Å². The minimum Gasteiger partial charge on any atom is -0.307 e. The molecule has 0 N–H and O–H groups in total. The van der Waals surface area contributed by atoms with Gasteiger partial charge in [0.15, 0.2) is 0 Å². The Kier molecular flexibility index (Phi) is 3.56. The molecule has 4 aromatic rings. The van der Waals surface area contributed by atoms with E-state index >= 15 is 0 Å². The van der Waals surface area contributed by atoms with Gasteiger partial charge in [-0.2, -0.15) is 0 Å². The topological polar surface area (TPSA) is 17.3 Å². The molecule has 0 atom stereocenters. The summed E-state index contributed by atoms with van der Waals surface area (Å²) in [5.74, 6) is 0. The maximum Gasteiger partial charge on any atom is 0.145 e. The van der Waals surface area contributed by atoms with Crippen LogP contribution in [0, 0.1) is 0 Å². The summed E-state index contributed by atoms with van der Waals surface area (Å²) in [6.45, 7) is 0. The van der Waals surface area contributed by atoms with Crippen LogP contribution >= 0.6 is 23.2 Å². The van der Waals surface area contributed by atoms with Crippen molar-refractivity contribution in [3.63, 3.8) is 0 Å². The van der Waals surface area contributed by atoms with Crippen molar-refractivity contribution in [3.05, 3.63) is 83.2 Å². The van der Waals surface area contributed by atoms with E-state index in [0.717, 1.165) is 37.9 Å². The fourth-order valence-corrected chi connectivity index (χ4v) is 3.01. The number of rotatable bonds is 2. The molecule has 0 saturated heterocycles. The zero-order valence-electron chi connectivity index (χ0n) is 12.1. The van der Waals surface area contributed by atoms with Crippen LogP contribution < -0.4 is 0 Å². The average Bonchev–Trinajstić information content (AvgIpc) is 3.04. The Morgan fingerprint density at radius 2 is 1.30 bits per heavy atom. The first-order valence-corrected chi connectivity index (χ1v) is 7.95. The number of benzene rings is 2. The molecule has 0 amide bonds. The van der Waals surface area contributed by atoms with E-state index in [1.165, 1.54) is 0 Å². The highest BCUT2D eigenvalue weighted by Crippen LogP contribution is 2.35. The predicted molar refractivity (Wildman–Crippen MR) is 96.1 cm³/mol. The molecule has 0 saturated carbocycles. The van der Waals surface area contributed by atoms with E-state index < -0.39 is 0 Å². The molecule has 112 valence electrons. The first-order valence-electron chi connectivity index (χ1n) is 7.20. The molecule has 0 aliphatic carbocycles. The lowest BCUT2D eigenvalue weighted by atomic mass is 9.96. The van der Waals surface area contributed by atoms with E-state index in [1.807, 2.05) is 65.3 Å². The SMILES string of the molecule is Clc1ccc(-c2ccn3ccnc3c2-c2ccc(Cl)cc2)cc1. The maximum absolute atomic E-state index is 6.03. The first-order chi connectivity index (χ1) is 11.2. The predicted octanol–water partition coefficient (Wildman–Crippen LogP) is 5.98. The van der Waals surface area contributed by atoms with Gasteiger partial charge in [0, 0.05) is 34.2 Å². The smallest absolute Gasteiger partial charge is 0.145 e. The van der Waals surface area contributed by atoms with Gasteiger partial charge in [-0.3, -0.25) is 0 Å². The summed E-state index contributed by atoms with van der Waals surface area (Å²) in [6.07, 6.45) is 5.77. The van der Waals surface area contributed by atoms with Crippen LogP contribution in [-0.2, 0) is 0 Å². The highest BCUT2D eigenvalue weighted by molar-refractivity contribution is 6.31. The lowest BCUT2D eigenvalue weighted by Gasteiger charge is -2.12. The third-order valence-corrected chi connectivity index (χ3v) is 4.36. The van der Waals surface area contributed by atoms with Crippen LogP contribution in [0.25, 0.3) is 27.9 Å². The number of halogens is 2. The summed E-state index contributed by atoms with van der Waals surface area (Å²) in [5.41, 5.74) is 5.29. The summed E-state index contributed by atoms with van der Waals surface area (Å²) in [5, 5.41) is 1.45. The van der Waals surface area contributed by atoms with Gasteiger partial charge in [0.05, 0.1) is 0 Å². The van der Waals surface area contributed by atoms with E-state index in [4.69, 9.17) is 23.2 Å². The zero-order valence-corrected chi connectivity index (χ0v) is 13.6. The molecule has 0 aliphatic heterocycles. The van der Waals surface area contributed by atoms with Crippen molar-refractivity contribution in [1.29, 1.82) is 0 Å². The van der Waals surface area contributed by atoms with Crippen LogP contribution in [0.1, 0.15) is 0 Å². The van der Waals surface area contributed by atoms with Crippen molar-refractivity contribution in [1.82, 2.24) is 9.38 Å². The molecule has 0 aliphatic rings. The van der Waals surface area contributed by atoms with Crippen LogP contribution in [0.5, 0.6) is 0 Å². The number of hydrogen-bond donors (Lipinski definition) is 0. The molecule has 0 radical (unpaired) electrons. The van der Waals surface area contributed by atoms with Crippen molar-refractivity contribution >= 4 is 28.8 Å². The molecule has 2 heterocycles. The second kappa shape index (κ2) is 5.73. The summed E-state index contributed by atoms with van der Waals surface area (Å²) < 4.78 is 2.02. The molecule has 23 heavy (non-hydrogen) atoms. The summed E-state index contributed by atoms with van der Waals surface area (Å²) in [6, 6.07) is 17.8. The average molecular weight is 339 g/mol. The van der Waals surface area contributed by atoms with E-state index in [2.05, 4.69) is 11.1 Å². The van der Waals surface area contributed by atoms with Crippen LogP contribution in [0.15, 0.2) is 73.2 Å². The van der Waals surface area contributed by atoms with Crippen LogP contribution in [-0.4, -0.2) is 9.38 Å². The van der Waals surface area contributed by atoms with Gasteiger partial charge in [-0.15, -0.1) is 0 Å². The van der Waals surface area contributed by atoms with Gasteiger partial charge >= 0.3 is 0 Å². The Morgan fingerprint density at radius 1 is 0.696 bits per heavy atom. The van der Waals surface area contributed by atoms with Crippen molar-refractivity contribution in [2.75, 3.05) is 0 Å². The third kappa shape index (κ3) is 2.61. The van der Waals surface area contributed by atoms with Gasteiger partial charge in [0.25, 0.3) is 0 Å². The molecule has 4 heteroatoms. The number of fused-ring (bicyclic) bond motifs is 1. The number of aromatic nitrogens is 2. The van der Waals surface area contributed by atoms with Gasteiger partial charge in [0.1, 0.15) is 5.65 Å². The van der Waals surface area contributed by atoms with E-state index in [1.54, 1.807) is 6.20 Å². The molecule has 0 fully saturated rings. The fraction of sp³-hybridized carbons (Fsp3) is 0. The summed E-state index contributed by atoms with van der Waals surface area (Å²) >= 11 is 12.1. The molecule has 4 rings (SSSR count). The van der Waals surface area contributed by atoms with Crippen molar-refractivity contribution in [2.45, 2.75) is 0 Å². The Morgan fingerprint density at radius 3 is 1.96 bits per heavy atom. The molecule has 2 aromatic carbocycles. The monoisotopic (exact) mass is 338 g/mol. The number of hydrogen-bond acceptors (Lipinski definition) is 1. The standard InChI is InChI=1S/C19H12Cl2N2/c20-15-5-1-13(2-6-15)17-9-11-23-12-10-22-19(23)18(17)14-3-7-16(21)8-4-14/h1-12H. The van der Waals surface area contributed by atoms with E-state index in [9.17, 15) is 0 Å². The Hall–Kier alpha value is -2.29. The Labute approximate surface area is 143 Å². The molecule has 0 bridgehead atoms. The van der Waals surface area contributed by atoms with Crippen molar-refractivity contribution < 1.29 is 0 Å². The molecule has 0 unspecified atom stereocenters. The number of pyridine rings is 1. The van der Waals surface area contributed by atoms with Crippen molar-refractivity contribution in [3.8, 4) is 22.3 Å². The van der Waals surface area contributed by atoms with Gasteiger partial charge < -0.3 is 4.40 Å². The molecular weight excluding hydrogens is 327 g/mol. The summed E-state index contributed by atoms with van der Waals surface area (Å²) in [4.78, 5) is 4.53. The van der Waals surface area contributed by atoms with Gasteiger partial charge in [-0.05, 0) is 47.0 Å². The molecule has 0 spiro atoms. The largest absolute Gasteiger partial charge is 0.307 e. The van der Waals surface area contributed by atoms with Gasteiger partial charge in [0.2, 0.25) is 0 Å². The number of imidazole rings is 1. The normalized spacial score (nSPS) is 11.0. The molecule has 2 nitrogen and oxygen atoms in total. The van der Waals surface area contributed by atoms with Crippen molar-refractivity contribution in [2.24, 2.45) is 0 Å². The van der Waals surface area contributed by atoms with E-state index in [0.29, 0.717) is 0 Å². The second-order valence-electron chi connectivity index (χ2n) is 5.28. The summed E-state index contributed by atoms with van der Waals surface area (Å²) in [7, 11) is 0. The lowest BCUT2D eigenvalue weighted by molar-refractivity contribution is 1.19. The molecule has 2 aromatic heterocycles. The Balaban J connectivity index is 2.02. The van der Waals surface area contributed by atoms with Gasteiger partial charge in [-0.25, -0.2) is 4.98 Å². The van der Waals surface area contributed by atoms with Crippen LogP contribution in [0.2, 0.25) is 10.0 Å². The minimum absolute atomic E-state index is 0.720. The van der Waals surface area contributed by atoms with Gasteiger partial charge in [-0.1, -0.05) is 47.5 Å². The highest BCUT2D eigenvalue weighted by atomic mass is 35.5. The quantitative estimate of drug-likeness (QED) is 0.439.